The Kier molecular flexibility index (Phi) is 4.35. The van der Waals surface area contributed by atoms with E-state index in [2.05, 4.69) is 15.2 Å². The number of aliphatic hydroxyl groups is 1. The second kappa shape index (κ2) is 6.43. The number of hydrogen-bond donors (Lipinski definition) is 1. The average Bonchev–Trinajstić information content (AvgIpc) is 3.03. The molecule has 2 heterocycles. The predicted molar refractivity (Wildman–Crippen MR) is 82.6 cm³/mol. The van der Waals surface area contributed by atoms with E-state index in [9.17, 15) is 15.2 Å². The second-order valence-corrected chi connectivity index (χ2v) is 6.03. The van der Waals surface area contributed by atoms with E-state index in [0.29, 0.717) is 25.9 Å². The number of likely N-dealkylation sites (tertiary alicyclic amines) is 1. The summed E-state index contributed by atoms with van der Waals surface area (Å²) in [5.41, 5.74) is 0.260. The minimum Gasteiger partial charge on any atom is -0.388 e. The van der Waals surface area contributed by atoms with Crippen LogP contribution in [0.15, 0.2) is 36.7 Å². The highest BCUT2D eigenvalue weighted by molar-refractivity contribution is 5.34. The van der Waals surface area contributed by atoms with Gasteiger partial charge in [0.15, 0.2) is 0 Å². The van der Waals surface area contributed by atoms with Gasteiger partial charge in [-0.05, 0) is 18.4 Å². The van der Waals surface area contributed by atoms with Crippen LogP contribution >= 0.6 is 0 Å². The van der Waals surface area contributed by atoms with Crippen LogP contribution in [0, 0.1) is 10.1 Å². The summed E-state index contributed by atoms with van der Waals surface area (Å²) in [4.78, 5) is 12.7. The lowest BCUT2D eigenvalue weighted by Gasteiger charge is -2.38. The zero-order chi connectivity index (χ0) is 16.3. The van der Waals surface area contributed by atoms with E-state index in [0.717, 1.165) is 18.7 Å². The van der Waals surface area contributed by atoms with Crippen molar-refractivity contribution in [1.82, 2.24) is 19.9 Å². The molecule has 23 heavy (non-hydrogen) atoms. The Labute approximate surface area is 133 Å². The van der Waals surface area contributed by atoms with Gasteiger partial charge in [-0.2, -0.15) is 0 Å². The molecule has 0 bridgehead atoms. The first-order valence-electron chi connectivity index (χ1n) is 7.56. The molecule has 8 nitrogen and oxygen atoms in total. The summed E-state index contributed by atoms with van der Waals surface area (Å²) >= 11 is 0. The molecule has 3 rings (SSSR count). The van der Waals surface area contributed by atoms with Gasteiger partial charge in [-0.25, -0.2) is 4.68 Å². The quantitative estimate of drug-likeness (QED) is 0.657. The Morgan fingerprint density at radius 1 is 1.35 bits per heavy atom. The van der Waals surface area contributed by atoms with Crippen LogP contribution in [0.2, 0.25) is 0 Å². The van der Waals surface area contributed by atoms with Crippen molar-refractivity contribution in [1.29, 1.82) is 0 Å². The number of non-ortho nitro benzene ring substituents is 1. The number of piperidine rings is 1. The van der Waals surface area contributed by atoms with Crippen LogP contribution in [0.25, 0.3) is 0 Å². The van der Waals surface area contributed by atoms with Crippen molar-refractivity contribution in [2.24, 2.45) is 0 Å². The average molecular weight is 317 g/mol. The molecule has 2 aromatic rings. The molecule has 0 spiro atoms. The van der Waals surface area contributed by atoms with Crippen molar-refractivity contribution in [3.63, 3.8) is 0 Å². The van der Waals surface area contributed by atoms with Gasteiger partial charge in [-0.3, -0.25) is 15.0 Å². The first kappa shape index (κ1) is 15.6. The number of benzene rings is 1. The largest absolute Gasteiger partial charge is 0.388 e. The fourth-order valence-electron chi connectivity index (χ4n) is 2.93. The van der Waals surface area contributed by atoms with Crippen LogP contribution in [-0.2, 0) is 13.1 Å². The molecule has 1 aromatic heterocycles. The zero-order valence-corrected chi connectivity index (χ0v) is 12.7. The molecule has 1 aromatic carbocycles. The molecular weight excluding hydrogens is 298 g/mol. The van der Waals surface area contributed by atoms with Crippen molar-refractivity contribution < 1.29 is 10.0 Å². The molecule has 0 saturated carbocycles. The van der Waals surface area contributed by atoms with Crippen molar-refractivity contribution in [3.8, 4) is 0 Å². The molecule has 0 unspecified atom stereocenters. The maximum absolute atomic E-state index is 10.8. The molecule has 0 atom stereocenters. The maximum Gasteiger partial charge on any atom is 0.269 e. The molecule has 0 aliphatic carbocycles. The Bertz CT molecular complexity index is 666. The van der Waals surface area contributed by atoms with Crippen LogP contribution in [-0.4, -0.2) is 48.6 Å². The normalized spacial score (nSPS) is 18.0. The third kappa shape index (κ3) is 3.91. The zero-order valence-electron chi connectivity index (χ0n) is 12.7. The minimum absolute atomic E-state index is 0.113. The Morgan fingerprint density at radius 2 is 2.13 bits per heavy atom. The molecule has 1 saturated heterocycles. The third-order valence-corrected chi connectivity index (χ3v) is 4.24. The minimum atomic E-state index is -0.771. The third-order valence-electron chi connectivity index (χ3n) is 4.24. The van der Waals surface area contributed by atoms with E-state index in [1.807, 2.05) is 6.07 Å². The number of nitro groups is 1. The van der Waals surface area contributed by atoms with Gasteiger partial charge in [0.25, 0.3) is 5.69 Å². The molecule has 0 radical (unpaired) electrons. The van der Waals surface area contributed by atoms with E-state index in [1.54, 1.807) is 29.2 Å². The predicted octanol–water partition coefficient (Wildman–Crippen LogP) is 1.21. The van der Waals surface area contributed by atoms with Crippen LogP contribution in [0.1, 0.15) is 18.4 Å². The van der Waals surface area contributed by atoms with Gasteiger partial charge in [0.2, 0.25) is 0 Å². The number of nitrogens with zero attached hydrogens (tertiary/aromatic N) is 5. The molecule has 122 valence electrons. The fraction of sp³-hybridized carbons (Fsp3) is 0.467. The summed E-state index contributed by atoms with van der Waals surface area (Å²) in [6.45, 7) is 2.58. The van der Waals surface area contributed by atoms with E-state index in [4.69, 9.17) is 0 Å². The lowest BCUT2D eigenvalue weighted by molar-refractivity contribution is -0.384. The number of aromatic nitrogens is 3. The fourth-order valence-corrected chi connectivity index (χ4v) is 2.93. The lowest BCUT2D eigenvalue weighted by atomic mass is 9.91. The summed E-state index contributed by atoms with van der Waals surface area (Å²) in [6, 6.07) is 6.70. The molecule has 8 heteroatoms. The van der Waals surface area contributed by atoms with Crippen LogP contribution in [0.4, 0.5) is 5.69 Å². The number of rotatable bonds is 5. The van der Waals surface area contributed by atoms with Crippen LogP contribution in [0.3, 0.4) is 0 Å². The van der Waals surface area contributed by atoms with E-state index >= 15 is 0 Å². The first-order valence-corrected chi connectivity index (χ1v) is 7.56. The monoisotopic (exact) mass is 317 g/mol. The molecule has 1 aliphatic rings. The molecule has 1 fully saturated rings. The Hall–Kier alpha value is -2.32. The van der Waals surface area contributed by atoms with Crippen LogP contribution in [0.5, 0.6) is 0 Å². The highest BCUT2D eigenvalue weighted by atomic mass is 16.6. The van der Waals surface area contributed by atoms with Crippen molar-refractivity contribution >= 4 is 5.69 Å². The summed E-state index contributed by atoms with van der Waals surface area (Å²) in [6.07, 6.45) is 4.62. The van der Waals surface area contributed by atoms with Gasteiger partial charge < -0.3 is 5.11 Å². The lowest BCUT2D eigenvalue weighted by Crippen LogP contribution is -2.46. The SMILES string of the molecule is O=[N+]([O-])c1cccc(CN2CCC(O)(Cn3ccnn3)CC2)c1. The van der Waals surface area contributed by atoms with Crippen molar-refractivity contribution in [2.75, 3.05) is 13.1 Å². The van der Waals surface area contributed by atoms with E-state index in [1.165, 1.54) is 6.07 Å². The van der Waals surface area contributed by atoms with Gasteiger partial charge >= 0.3 is 0 Å². The van der Waals surface area contributed by atoms with E-state index in [-0.39, 0.29) is 10.6 Å². The molecular formula is C15H19N5O3. The van der Waals surface area contributed by atoms with Crippen LogP contribution < -0.4 is 0 Å². The van der Waals surface area contributed by atoms with E-state index < -0.39 is 5.60 Å². The Balaban J connectivity index is 1.56. The topological polar surface area (TPSA) is 97.3 Å². The molecule has 0 amide bonds. The number of nitro benzene ring substituents is 1. The number of hydrogen-bond acceptors (Lipinski definition) is 6. The molecule has 1 aliphatic heterocycles. The molecule has 1 N–H and O–H groups in total. The van der Waals surface area contributed by atoms with Gasteiger partial charge in [0.1, 0.15) is 0 Å². The summed E-state index contributed by atoms with van der Waals surface area (Å²) in [5.74, 6) is 0. The highest BCUT2D eigenvalue weighted by Gasteiger charge is 2.33. The summed E-state index contributed by atoms with van der Waals surface area (Å²) in [5, 5.41) is 29.1. The van der Waals surface area contributed by atoms with Gasteiger partial charge in [-0.1, -0.05) is 17.3 Å². The highest BCUT2D eigenvalue weighted by Crippen LogP contribution is 2.25. The smallest absolute Gasteiger partial charge is 0.269 e. The summed E-state index contributed by atoms with van der Waals surface area (Å²) in [7, 11) is 0. The standard InChI is InChI=1S/C15H19N5O3/c21-15(12-19-9-6-16-17-19)4-7-18(8-5-15)11-13-2-1-3-14(10-13)20(22)23/h1-3,6,9-10,21H,4-5,7-8,11-12H2. The van der Waals surface area contributed by atoms with Gasteiger partial charge in [-0.15, -0.1) is 5.10 Å². The first-order chi connectivity index (χ1) is 11.0. The van der Waals surface area contributed by atoms with Crippen molar-refractivity contribution in [3.05, 3.63) is 52.3 Å². The van der Waals surface area contributed by atoms with Gasteiger partial charge in [0.05, 0.1) is 23.3 Å². The maximum atomic E-state index is 10.8. The second-order valence-electron chi connectivity index (χ2n) is 6.03. The summed E-state index contributed by atoms with van der Waals surface area (Å²) < 4.78 is 1.65. The van der Waals surface area contributed by atoms with Crippen molar-refractivity contribution in [2.45, 2.75) is 31.5 Å². The Morgan fingerprint density at radius 3 is 2.78 bits per heavy atom. The van der Waals surface area contributed by atoms with Gasteiger partial charge in [0, 0.05) is 38.0 Å².